The molecule has 0 saturated heterocycles. The standard InChI is InChI=1S/C31H40N4O3S2/c1-19(2)7-9-21-10-14-26(23(16-21)11-8-20(3)4)38-15-5-6-28(36)33-24-13-12-22-17-27(29(37)25(22)18-24)39-31-35-34-30(32)40-31/h10,12-14,16,18-20,27H,5-9,11,15,17H2,1-4H3,(H2,32,34)(H,33,36). The number of benzene rings is 2. The Labute approximate surface area is 245 Å². The van der Waals surface area contributed by atoms with E-state index in [9.17, 15) is 9.59 Å². The molecular weight excluding hydrogens is 541 g/mol. The van der Waals surface area contributed by atoms with Gasteiger partial charge in [0.25, 0.3) is 0 Å². The molecule has 2 aromatic carbocycles. The first kappa shape index (κ1) is 30.1. The van der Waals surface area contributed by atoms with E-state index in [0.29, 0.717) is 58.4 Å². The zero-order valence-electron chi connectivity index (χ0n) is 23.9. The number of amides is 1. The molecule has 1 atom stereocenters. The zero-order chi connectivity index (χ0) is 28.6. The van der Waals surface area contributed by atoms with Gasteiger partial charge in [-0.1, -0.05) is 69.0 Å². The van der Waals surface area contributed by atoms with Crippen LogP contribution in [-0.4, -0.2) is 33.7 Å². The van der Waals surface area contributed by atoms with Gasteiger partial charge in [0.15, 0.2) is 10.1 Å². The van der Waals surface area contributed by atoms with Gasteiger partial charge in [0.05, 0.1) is 11.9 Å². The highest BCUT2D eigenvalue weighted by molar-refractivity contribution is 8.02. The Morgan fingerprint density at radius 2 is 1.88 bits per heavy atom. The smallest absolute Gasteiger partial charge is 0.224 e. The van der Waals surface area contributed by atoms with Gasteiger partial charge in [-0.15, -0.1) is 10.2 Å². The lowest BCUT2D eigenvalue weighted by Gasteiger charge is -2.15. The third-order valence-electron chi connectivity index (χ3n) is 6.95. The van der Waals surface area contributed by atoms with E-state index in [0.717, 1.165) is 30.6 Å². The van der Waals surface area contributed by atoms with Gasteiger partial charge >= 0.3 is 0 Å². The number of thioether (sulfide) groups is 1. The van der Waals surface area contributed by atoms with Gasteiger partial charge in [0.1, 0.15) is 5.75 Å². The molecule has 214 valence electrons. The second kappa shape index (κ2) is 14.1. The molecule has 0 spiro atoms. The van der Waals surface area contributed by atoms with E-state index >= 15 is 0 Å². The minimum absolute atomic E-state index is 0.0433. The number of ketones is 1. The van der Waals surface area contributed by atoms with Gasteiger partial charge in [-0.3, -0.25) is 9.59 Å². The van der Waals surface area contributed by atoms with Crippen molar-refractivity contribution in [3.8, 4) is 5.75 Å². The number of aromatic nitrogens is 2. The summed E-state index contributed by atoms with van der Waals surface area (Å²) in [6.07, 6.45) is 5.95. The summed E-state index contributed by atoms with van der Waals surface area (Å²) in [6, 6.07) is 12.1. The van der Waals surface area contributed by atoms with Crippen molar-refractivity contribution in [2.75, 3.05) is 17.7 Å². The average Bonchev–Trinajstić information content (AvgIpc) is 3.46. The lowest BCUT2D eigenvalue weighted by atomic mass is 9.97. The summed E-state index contributed by atoms with van der Waals surface area (Å²) in [5.41, 5.74) is 10.6. The maximum absolute atomic E-state index is 13.0. The third-order valence-corrected chi connectivity index (χ3v) is 8.99. The number of rotatable bonds is 14. The molecule has 40 heavy (non-hydrogen) atoms. The van der Waals surface area contributed by atoms with Gasteiger partial charge in [-0.25, -0.2) is 0 Å². The molecule has 0 fully saturated rings. The van der Waals surface area contributed by atoms with E-state index in [2.05, 4.69) is 61.4 Å². The maximum atomic E-state index is 13.0. The summed E-state index contributed by atoms with van der Waals surface area (Å²) in [5, 5.41) is 10.9. The maximum Gasteiger partial charge on any atom is 0.224 e. The van der Waals surface area contributed by atoms with Crippen LogP contribution >= 0.6 is 23.1 Å². The van der Waals surface area contributed by atoms with E-state index in [1.54, 1.807) is 6.07 Å². The number of anilines is 2. The summed E-state index contributed by atoms with van der Waals surface area (Å²) >= 11 is 2.67. The fraction of sp³-hybridized carbons (Fsp3) is 0.484. The Hall–Kier alpha value is -2.91. The van der Waals surface area contributed by atoms with Crippen LogP contribution in [0, 0.1) is 11.8 Å². The number of Topliss-reactive ketones (excluding diaryl/α,β-unsaturated/α-hetero) is 1. The quantitative estimate of drug-likeness (QED) is 0.198. The van der Waals surface area contributed by atoms with Crippen LogP contribution in [0.1, 0.15) is 80.4 Å². The van der Waals surface area contributed by atoms with Crippen LogP contribution in [-0.2, 0) is 24.1 Å². The van der Waals surface area contributed by atoms with Crippen molar-refractivity contribution in [3.63, 3.8) is 0 Å². The van der Waals surface area contributed by atoms with Crippen LogP contribution in [0.2, 0.25) is 0 Å². The summed E-state index contributed by atoms with van der Waals surface area (Å²) in [5.74, 6) is 2.19. The number of carbonyl (C=O) groups is 2. The number of nitrogens with two attached hydrogens (primary N) is 1. The van der Waals surface area contributed by atoms with Crippen LogP contribution in [0.4, 0.5) is 10.8 Å². The molecule has 0 bridgehead atoms. The van der Waals surface area contributed by atoms with Crippen LogP contribution in [0.25, 0.3) is 0 Å². The van der Waals surface area contributed by atoms with Crippen molar-refractivity contribution in [1.82, 2.24) is 10.2 Å². The molecule has 1 aromatic heterocycles. The monoisotopic (exact) mass is 580 g/mol. The van der Waals surface area contributed by atoms with E-state index in [1.165, 1.54) is 40.6 Å². The van der Waals surface area contributed by atoms with Gasteiger partial charge in [-0.05, 0) is 85.3 Å². The number of ether oxygens (including phenoxy) is 1. The van der Waals surface area contributed by atoms with Crippen molar-refractivity contribution < 1.29 is 14.3 Å². The zero-order valence-corrected chi connectivity index (χ0v) is 25.5. The molecule has 1 aliphatic carbocycles. The molecule has 9 heteroatoms. The Morgan fingerprint density at radius 1 is 1.10 bits per heavy atom. The number of hydrogen-bond donors (Lipinski definition) is 2. The van der Waals surface area contributed by atoms with Crippen LogP contribution < -0.4 is 15.8 Å². The van der Waals surface area contributed by atoms with Gasteiger partial charge < -0.3 is 15.8 Å². The molecule has 1 aliphatic rings. The highest BCUT2D eigenvalue weighted by atomic mass is 32.2. The van der Waals surface area contributed by atoms with Crippen molar-refractivity contribution in [3.05, 3.63) is 58.7 Å². The lowest BCUT2D eigenvalue weighted by molar-refractivity contribution is -0.116. The molecular formula is C31H40N4O3S2. The van der Waals surface area contributed by atoms with Gasteiger partial charge in [0, 0.05) is 17.7 Å². The van der Waals surface area contributed by atoms with E-state index in [-0.39, 0.29) is 16.9 Å². The minimum atomic E-state index is -0.250. The summed E-state index contributed by atoms with van der Waals surface area (Å²) in [7, 11) is 0. The number of carbonyl (C=O) groups excluding carboxylic acids is 2. The molecule has 0 saturated carbocycles. The van der Waals surface area contributed by atoms with E-state index < -0.39 is 0 Å². The first-order chi connectivity index (χ1) is 19.2. The summed E-state index contributed by atoms with van der Waals surface area (Å²) in [4.78, 5) is 25.6. The molecule has 1 heterocycles. The largest absolute Gasteiger partial charge is 0.493 e. The average molecular weight is 581 g/mol. The summed E-state index contributed by atoms with van der Waals surface area (Å²) < 4.78 is 6.83. The number of hydrogen-bond acceptors (Lipinski definition) is 8. The number of aryl methyl sites for hydroxylation is 2. The first-order valence-corrected chi connectivity index (χ1v) is 15.8. The fourth-order valence-electron chi connectivity index (χ4n) is 4.67. The van der Waals surface area contributed by atoms with Gasteiger partial charge in [-0.2, -0.15) is 0 Å². The normalized spacial score (nSPS) is 14.7. The van der Waals surface area contributed by atoms with Crippen molar-refractivity contribution in [1.29, 1.82) is 0 Å². The van der Waals surface area contributed by atoms with E-state index in [1.807, 2.05) is 12.1 Å². The minimum Gasteiger partial charge on any atom is -0.493 e. The van der Waals surface area contributed by atoms with Crippen LogP contribution in [0.5, 0.6) is 5.75 Å². The third kappa shape index (κ3) is 8.54. The second-order valence-electron chi connectivity index (χ2n) is 11.3. The Balaban J connectivity index is 1.26. The SMILES string of the molecule is CC(C)CCc1ccc(OCCCC(=O)Nc2ccc3c(c2)C(=O)C(Sc2nnc(N)s2)C3)c(CCC(C)C)c1. The number of nitrogens with one attached hydrogen (secondary N) is 1. The topological polar surface area (TPSA) is 107 Å². The molecule has 1 unspecified atom stereocenters. The molecule has 0 radical (unpaired) electrons. The van der Waals surface area contributed by atoms with Crippen LogP contribution in [0.3, 0.4) is 0 Å². The molecule has 0 aliphatic heterocycles. The predicted molar refractivity (Wildman–Crippen MR) is 165 cm³/mol. The van der Waals surface area contributed by atoms with Crippen LogP contribution in [0.15, 0.2) is 40.7 Å². The Bertz CT molecular complexity index is 1320. The highest BCUT2D eigenvalue weighted by Gasteiger charge is 2.32. The summed E-state index contributed by atoms with van der Waals surface area (Å²) in [6.45, 7) is 9.48. The first-order valence-electron chi connectivity index (χ1n) is 14.1. The van der Waals surface area contributed by atoms with Gasteiger partial charge in [0.2, 0.25) is 11.0 Å². The molecule has 3 aromatic rings. The van der Waals surface area contributed by atoms with Crippen molar-refractivity contribution in [2.45, 2.75) is 82.2 Å². The van der Waals surface area contributed by atoms with Crippen molar-refractivity contribution >= 4 is 45.6 Å². The highest BCUT2D eigenvalue weighted by Crippen LogP contribution is 2.37. The number of nitrogen functional groups attached to an aromatic ring is 1. The lowest BCUT2D eigenvalue weighted by Crippen LogP contribution is -2.14. The second-order valence-corrected chi connectivity index (χ2v) is 13.7. The molecule has 3 N–H and O–H groups in total. The molecule has 4 rings (SSSR count). The molecule has 7 nitrogen and oxygen atoms in total. The van der Waals surface area contributed by atoms with E-state index in [4.69, 9.17) is 10.5 Å². The fourth-order valence-corrected chi connectivity index (χ4v) is 6.64. The molecule has 1 amide bonds. The van der Waals surface area contributed by atoms with Crippen molar-refractivity contribution in [2.24, 2.45) is 11.8 Å². The predicted octanol–water partition coefficient (Wildman–Crippen LogP) is 6.99. The number of nitrogens with zero attached hydrogens (tertiary/aromatic N) is 2. The Morgan fingerprint density at radius 3 is 2.60 bits per heavy atom. The number of fused-ring (bicyclic) bond motifs is 1. The Kier molecular flexibility index (Phi) is 10.6.